The lowest BCUT2D eigenvalue weighted by atomic mass is 10.1. The molecule has 0 saturated carbocycles. The van der Waals surface area contributed by atoms with Crippen molar-refractivity contribution in [3.05, 3.63) is 70.3 Å². The summed E-state index contributed by atoms with van der Waals surface area (Å²) in [5.41, 5.74) is 1.39. The van der Waals surface area contributed by atoms with E-state index in [4.69, 9.17) is 16.1 Å². The van der Waals surface area contributed by atoms with Crippen LogP contribution in [0.25, 0.3) is 0 Å². The SMILES string of the molecule is CCCc1noc(CCC(=O)Nc2ccc(N3C(=O)c4ccccc4C3=O)c(Cl)c2)n1. The highest BCUT2D eigenvalue weighted by atomic mass is 35.5. The van der Waals surface area contributed by atoms with Crippen molar-refractivity contribution in [2.24, 2.45) is 0 Å². The number of amides is 3. The molecule has 31 heavy (non-hydrogen) atoms. The van der Waals surface area contributed by atoms with Crippen molar-refractivity contribution in [2.75, 3.05) is 10.2 Å². The molecule has 0 bridgehead atoms. The third-order valence-corrected chi connectivity index (χ3v) is 5.12. The highest BCUT2D eigenvalue weighted by molar-refractivity contribution is 6.40. The van der Waals surface area contributed by atoms with E-state index in [1.807, 2.05) is 6.92 Å². The van der Waals surface area contributed by atoms with Crippen LogP contribution in [0.4, 0.5) is 11.4 Å². The van der Waals surface area contributed by atoms with E-state index >= 15 is 0 Å². The number of hydrogen-bond acceptors (Lipinski definition) is 6. The number of aromatic nitrogens is 2. The summed E-state index contributed by atoms with van der Waals surface area (Å²) < 4.78 is 5.12. The zero-order valence-electron chi connectivity index (χ0n) is 16.7. The molecule has 2 heterocycles. The summed E-state index contributed by atoms with van der Waals surface area (Å²) in [4.78, 5) is 42.8. The summed E-state index contributed by atoms with van der Waals surface area (Å²) in [5.74, 6) is -0.0617. The van der Waals surface area contributed by atoms with Crippen LogP contribution < -0.4 is 10.2 Å². The maximum atomic E-state index is 12.6. The van der Waals surface area contributed by atoms with Crippen LogP contribution in [-0.2, 0) is 17.6 Å². The van der Waals surface area contributed by atoms with Crippen molar-refractivity contribution in [1.82, 2.24) is 10.1 Å². The standard InChI is InChI=1S/C22H19ClN4O4/c1-2-5-18-25-20(31-26-18)11-10-19(28)24-13-8-9-17(16(23)12-13)27-21(29)14-6-3-4-7-15(14)22(27)30/h3-4,6-9,12H,2,5,10-11H2,1H3,(H,24,28). The van der Waals surface area contributed by atoms with E-state index in [9.17, 15) is 14.4 Å². The molecule has 1 aromatic heterocycles. The fraction of sp³-hybridized carbons (Fsp3) is 0.227. The molecule has 0 atom stereocenters. The Hall–Kier alpha value is -3.52. The van der Waals surface area contributed by atoms with Crippen LogP contribution in [0.3, 0.4) is 0 Å². The largest absolute Gasteiger partial charge is 0.339 e. The Morgan fingerprint density at radius 3 is 2.45 bits per heavy atom. The Balaban J connectivity index is 1.41. The number of halogens is 1. The topological polar surface area (TPSA) is 105 Å². The second kappa shape index (κ2) is 8.69. The van der Waals surface area contributed by atoms with E-state index < -0.39 is 11.8 Å². The molecule has 0 fully saturated rings. The summed E-state index contributed by atoms with van der Waals surface area (Å²) in [6.45, 7) is 2.02. The normalized spacial score (nSPS) is 12.9. The molecule has 9 heteroatoms. The average Bonchev–Trinajstić information content (AvgIpc) is 3.30. The Labute approximate surface area is 183 Å². The average molecular weight is 439 g/mol. The van der Waals surface area contributed by atoms with Gasteiger partial charge in [0.15, 0.2) is 5.82 Å². The van der Waals surface area contributed by atoms with Gasteiger partial charge in [-0.2, -0.15) is 4.98 Å². The molecule has 4 rings (SSSR count). The summed E-state index contributed by atoms with van der Waals surface area (Å²) in [6, 6.07) is 11.2. The Bertz CT molecular complexity index is 1140. The monoisotopic (exact) mass is 438 g/mol. The second-order valence-electron chi connectivity index (χ2n) is 7.06. The van der Waals surface area contributed by atoms with Crippen LogP contribution in [0.15, 0.2) is 47.0 Å². The minimum Gasteiger partial charge on any atom is -0.339 e. The Morgan fingerprint density at radius 2 is 1.81 bits per heavy atom. The van der Waals surface area contributed by atoms with Gasteiger partial charge in [0.25, 0.3) is 11.8 Å². The van der Waals surface area contributed by atoms with E-state index in [-0.39, 0.29) is 23.0 Å². The molecule has 3 aromatic rings. The molecule has 0 unspecified atom stereocenters. The lowest BCUT2D eigenvalue weighted by molar-refractivity contribution is -0.116. The first-order chi connectivity index (χ1) is 15.0. The van der Waals surface area contributed by atoms with Crippen molar-refractivity contribution in [3.8, 4) is 0 Å². The van der Waals surface area contributed by atoms with Gasteiger partial charge in [0, 0.05) is 24.9 Å². The van der Waals surface area contributed by atoms with Crippen LogP contribution in [0.5, 0.6) is 0 Å². The first-order valence-electron chi connectivity index (χ1n) is 9.86. The summed E-state index contributed by atoms with van der Waals surface area (Å²) in [6.07, 6.45) is 2.12. The van der Waals surface area contributed by atoms with Gasteiger partial charge in [-0.15, -0.1) is 0 Å². The number of imide groups is 1. The molecule has 1 N–H and O–H groups in total. The number of fused-ring (bicyclic) bond motifs is 1. The van der Waals surface area contributed by atoms with Crippen LogP contribution in [-0.4, -0.2) is 27.9 Å². The molecule has 1 aliphatic heterocycles. The molecule has 158 valence electrons. The van der Waals surface area contributed by atoms with E-state index in [0.717, 1.165) is 17.7 Å². The smallest absolute Gasteiger partial charge is 0.266 e. The van der Waals surface area contributed by atoms with Gasteiger partial charge in [-0.25, -0.2) is 4.90 Å². The maximum absolute atomic E-state index is 12.6. The van der Waals surface area contributed by atoms with Gasteiger partial charge in [-0.1, -0.05) is 35.8 Å². The molecule has 0 spiro atoms. The van der Waals surface area contributed by atoms with Gasteiger partial charge in [0.1, 0.15) is 0 Å². The molecular formula is C22H19ClN4O4. The summed E-state index contributed by atoms with van der Waals surface area (Å²) in [7, 11) is 0. The van der Waals surface area contributed by atoms with Gasteiger partial charge >= 0.3 is 0 Å². The number of carbonyl (C=O) groups is 3. The first kappa shape index (κ1) is 20.7. The van der Waals surface area contributed by atoms with Crippen LogP contribution >= 0.6 is 11.6 Å². The van der Waals surface area contributed by atoms with Gasteiger partial charge in [-0.3, -0.25) is 14.4 Å². The van der Waals surface area contributed by atoms with Crippen molar-refractivity contribution >= 4 is 40.7 Å². The zero-order chi connectivity index (χ0) is 22.0. The second-order valence-corrected chi connectivity index (χ2v) is 7.47. The molecule has 3 amide bonds. The van der Waals surface area contributed by atoms with E-state index in [0.29, 0.717) is 35.0 Å². The van der Waals surface area contributed by atoms with Gasteiger partial charge in [0.2, 0.25) is 11.8 Å². The number of hydrogen-bond donors (Lipinski definition) is 1. The van der Waals surface area contributed by atoms with E-state index in [2.05, 4.69) is 15.5 Å². The molecule has 1 aliphatic rings. The Morgan fingerprint density at radius 1 is 1.10 bits per heavy atom. The van der Waals surface area contributed by atoms with Crippen molar-refractivity contribution < 1.29 is 18.9 Å². The highest BCUT2D eigenvalue weighted by Crippen LogP contribution is 2.34. The summed E-state index contributed by atoms with van der Waals surface area (Å²) in [5, 5.41) is 6.77. The minimum absolute atomic E-state index is 0.158. The number of anilines is 2. The quantitative estimate of drug-likeness (QED) is 0.558. The Kier molecular flexibility index (Phi) is 5.81. The highest BCUT2D eigenvalue weighted by Gasteiger charge is 2.37. The molecule has 0 radical (unpaired) electrons. The number of rotatable bonds is 7. The zero-order valence-corrected chi connectivity index (χ0v) is 17.5. The number of aryl methyl sites for hydroxylation is 2. The predicted molar refractivity (Wildman–Crippen MR) is 114 cm³/mol. The molecule has 0 aliphatic carbocycles. The third-order valence-electron chi connectivity index (χ3n) is 4.82. The molecule has 0 saturated heterocycles. The van der Waals surface area contributed by atoms with Gasteiger partial charge in [0.05, 0.1) is 21.8 Å². The first-order valence-corrected chi connectivity index (χ1v) is 10.2. The molecule has 8 nitrogen and oxygen atoms in total. The fourth-order valence-electron chi connectivity index (χ4n) is 3.33. The van der Waals surface area contributed by atoms with Gasteiger partial charge in [-0.05, 0) is 36.8 Å². The maximum Gasteiger partial charge on any atom is 0.266 e. The number of nitrogens with one attached hydrogen (secondary N) is 1. The van der Waals surface area contributed by atoms with Crippen molar-refractivity contribution in [2.45, 2.75) is 32.6 Å². The lowest BCUT2D eigenvalue weighted by Crippen LogP contribution is -2.29. The number of benzene rings is 2. The van der Waals surface area contributed by atoms with Gasteiger partial charge < -0.3 is 9.84 Å². The molecular weight excluding hydrogens is 420 g/mol. The predicted octanol–water partition coefficient (Wildman–Crippen LogP) is 4.05. The summed E-state index contributed by atoms with van der Waals surface area (Å²) >= 11 is 6.34. The van der Waals surface area contributed by atoms with Crippen LogP contribution in [0.1, 0.15) is 52.2 Å². The minimum atomic E-state index is -0.429. The van der Waals surface area contributed by atoms with Crippen LogP contribution in [0.2, 0.25) is 5.02 Å². The van der Waals surface area contributed by atoms with Crippen LogP contribution in [0, 0.1) is 0 Å². The van der Waals surface area contributed by atoms with Crippen molar-refractivity contribution in [3.63, 3.8) is 0 Å². The number of carbonyl (C=O) groups excluding carboxylic acids is 3. The lowest BCUT2D eigenvalue weighted by Gasteiger charge is -2.16. The van der Waals surface area contributed by atoms with Crippen molar-refractivity contribution in [1.29, 1.82) is 0 Å². The van der Waals surface area contributed by atoms with E-state index in [1.54, 1.807) is 30.3 Å². The molecule has 2 aromatic carbocycles. The third kappa shape index (κ3) is 4.20. The van der Waals surface area contributed by atoms with E-state index in [1.165, 1.54) is 12.1 Å². The number of nitrogens with zero attached hydrogens (tertiary/aromatic N) is 3. The fourth-order valence-corrected chi connectivity index (χ4v) is 3.60.